The van der Waals surface area contributed by atoms with E-state index in [9.17, 15) is 9.59 Å². The van der Waals surface area contributed by atoms with Gasteiger partial charge in [0.1, 0.15) is 11.8 Å². The van der Waals surface area contributed by atoms with E-state index >= 15 is 0 Å². The van der Waals surface area contributed by atoms with E-state index in [0.29, 0.717) is 42.9 Å². The maximum atomic E-state index is 12.7. The zero-order valence-electron chi connectivity index (χ0n) is 20.1. The third kappa shape index (κ3) is 6.54. The molecule has 186 valence electrons. The summed E-state index contributed by atoms with van der Waals surface area (Å²) in [6.45, 7) is 3.05. The fraction of sp³-hybridized carbons (Fsp3) is 0.444. The van der Waals surface area contributed by atoms with Crippen LogP contribution < -0.4 is 10.1 Å². The first-order valence-corrected chi connectivity index (χ1v) is 12.7. The lowest BCUT2D eigenvalue weighted by molar-refractivity contribution is -0.141. The second-order valence-electron chi connectivity index (χ2n) is 8.94. The van der Waals surface area contributed by atoms with Crippen LogP contribution in [0.4, 0.5) is 5.69 Å². The molecule has 0 bridgehead atoms. The first kappa shape index (κ1) is 25.0. The highest BCUT2D eigenvalue weighted by atomic mass is 35.5. The van der Waals surface area contributed by atoms with Crippen LogP contribution in [0, 0.1) is 0 Å². The summed E-state index contributed by atoms with van der Waals surface area (Å²) in [6, 6.07) is 13.4. The standard InChI is InChI=1S/C27H32ClN3O4/c1-19(32)34-15-9-4-2-3-5-10-16-35-24-14-13-22-21(25(24)28)18-31-23(26(33)30-27(31)29-22)17-20-11-7-6-8-12-20/h6-8,11-14,23H,2-5,9-10,15-18H2,1H3,(H,29,30,33). The quantitative estimate of drug-likeness (QED) is 0.323. The Labute approximate surface area is 211 Å². The molecule has 0 spiro atoms. The number of carbonyl (C=O) groups is 2. The minimum atomic E-state index is -0.320. The van der Waals surface area contributed by atoms with Crippen LogP contribution in [0.1, 0.15) is 56.6 Å². The van der Waals surface area contributed by atoms with Crippen LogP contribution in [0.15, 0.2) is 47.5 Å². The largest absolute Gasteiger partial charge is 0.492 e. The van der Waals surface area contributed by atoms with Gasteiger partial charge in [0, 0.05) is 18.9 Å². The number of guanidine groups is 1. The number of hydrogen-bond acceptors (Lipinski definition) is 6. The Hall–Kier alpha value is -3.06. The molecule has 2 aliphatic heterocycles. The van der Waals surface area contributed by atoms with Gasteiger partial charge in [0.15, 0.2) is 0 Å². The molecule has 2 aromatic carbocycles. The highest BCUT2D eigenvalue weighted by molar-refractivity contribution is 6.33. The molecule has 1 unspecified atom stereocenters. The summed E-state index contributed by atoms with van der Waals surface area (Å²) in [5, 5.41) is 3.48. The second kappa shape index (κ2) is 12.1. The summed E-state index contributed by atoms with van der Waals surface area (Å²) in [5.74, 6) is 0.983. The van der Waals surface area contributed by atoms with E-state index < -0.39 is 0 Å². The van der Waals surface area contributed by atoms with Gasteiger partial charge in [0.2, 0.25) is 11.9 Å². The topological polar surface area (TPSA) is 80.2 Å². The molecule has 1 saturated heterocycles. The van der Waals surface area contributed by atoms with Gasteiger partial charge >= 0.3 is 5.97 Å². The van der Waals surface area contributed by atoms with E-state index in [4.69, 9.17) is 21.1 Å². The molecule has 8 heteroatoms. The molecule has 1 fully saturated rings. The minimum Gasteiger partial charge on any atom is -0.492 e. The minimum absolute atomic E-state index is 0.0422. The van der Waals surface area contributed by atoms with Crippen molar-refractivity contribution < 1.29 is 19.1 Å². The summed E-state index contributed by atoms with van der Waals surface area (Å²) in [7, 11) is 0. The number of nitrogens with zero attached hydrogens (tertiary/aromatic N) is 2. The van der Waals surface area contributed by atoms with E-state index in [1.807, 2.05) is 47.4 Å². The molecule has 0 aliphatic carbocycles. The fourth-order valence-corrected chi connectivity index (χ4v) is 4.70. The van der Waals surface area contributed by atoms with E-state index in [2.05, 4.69) is 10.3 Å². The molecule has 2 aromatic rings. The Morgan fingerprint density at radius 1 is 1.06 bits per heavy atom. The van der Waals surface area contributed by atoms with Crippen molar-refractivity contribution in [3.05, 3.63) is 58.6 Å². The molecule has 7 nitrogen and oxygen atoms in total. The molecule has 1 atom stereocenters. The van der Waals surface area contributed by atoms with Crippen LogP contribution in [-0.4, -0.2) is 42.0 Å². The fourth-order valence-electron chi connectivity index (χ4n) is 4.42. The molecular weight excluding hydrogens is 466 g/mol. The number of fused-ring (bicyclic) bond motifs is 2. The van der Waals surface area contributed by atoms with E-state index in [1.54, 1.807) is 0 Å². The third-order valence-corrected chi connectivity index (χ3v) is 6.71. The predicted octanol–water partition coefficient (Wildman–Crippen LogP) is 5.17. The van der Waals surface area contributed by atoms with Crippen molar-refractivity contribution in [3.8, 4) is 5.75 Å². The van der Waals surface area contributed by atoms with Crippen LogP contribution in [0.25, 0.3) is 0 Å². The molecule has 1 N–H and O–H groups in total. The number of carbonyl (C=O) groups excluding carboxylic acids is 2. The van der Waals surface area contributed by atoms with Gasteiger partial charge in [-0.15, -0.1) is 0 Å². The van der Waals surface area contributed by atoms with E-state index in [-0.39, 0.29) is 17.9 Å². The van der Waals surface area contributed by atoms with E-state index in [1.165, 1.54) is 6.92 Å². The molecule has 4 rings (SSSR count). The lowest BCUT2D eigenvalue weighted by Crippen LogP contribution is -2.38. The normalized spacial score (nSPS) is 16.3. The van der Waals surface area contributed by atoms with Crippen LogP contribution >= 0.6 is 11.6 Å². The number of unbranched alkanes of at least 4 members (excludes halogenated alkanes) is 5. The molecule has 2 heterocycles. The van der Waals surface area contributed by atoms with Crippen molar-refractivity contribution in [3.63, 3.8) is 0 Å². The van der Waals surface area contributed by atoms with Crippen molar-refractivity contribution in [1.82, 2.24) is 10.2 Å². The number of esters is 1. The van der Waals surface area contributed by atoms with E-state index in [0.717, 1.165) is 55.3 Å². The second-order valence-corrected chi connectivity index (χ2v) is 9.32. The van der Waals surface area contributed by atoms with Crippen LogP contribution in [-0.2, 0) is 27.3 Å². The van der Waals surface area contributed by atoms with Gasteiger partial charge in [-0.2, -0.15) is 0 Å². The molecule has 0 saturated carbocycles. The first-order valence-electron chi connectivity index (χ1n) is 12.3. The summed E-state index contributed by atoms with van der Waals surface area (Å²) in [4.78, 5) is 30.1. The Kier molecular flexibility index (Phi) is 8.64. The zero-order valence-corrected chi connectivity index (χ0v) is 20.9. The number of benzene rings is 2. The molecule has 0 aromatic heterocycles. The van der Waals surface area contributed by atoms with Crippen LogP contribution in [0.3, 0.4) is 0 Å². The molecule has 1 amide bonds. The summed E-state index contributed by atoms with van der Waals surface area (Å²) in [5.41, 5.74) is 2.76. The van der Waals surface area contributed by atoms with Gasteiger partial charge in [-0.05, 0) is 30.5 Å². The number of aliphatic imine (C=N–C) groups is 1. The Balaban J connectivity index is 1.27. The lowest BCUT2D eigenvalue weighted by Gasteiger charge is -2.29. The molecule has 0 radical (unpaired) electrons. The number of halogens is 1. The average Bonchev–Trinajstić information content (AvgIpc) is 3.15. The number of hydrogen-bond donors (Lipinski definition) is 1. The number of amides is 1. The molecule has 35 heavy (non-hydrogen) atoms. The first-order chi connectivity index (χ1) is 17.0. The highest BCUT2D eigenvalue weighted by Crippen LogP contribution is 2.39. The maximum Gasteiger partial charge on any atom is 0.302 e. The summed E-state index contributed by atoms with van der Waals surface area (Å²) < 4.78 is 10.9. The summed E-state index contributed by atoms with van der Waals surface area (Å²) >= 11 is 6.73. The van der Waals surface area contributed by atoms with Crippen molar-refractivity contribution in [2.45, 2.75) is 64.5 Å². The number of nitrogens with one attached hydrogen (secondary N) is 1. The molecule has 2 aliphatic rings. The maximum absolute atomic E-state index is 12.7. The van der Waals surface area contributed by atoms with Gasteiger partial charge < -0.3 is 14.4 Å². The highest BCUT2D eigenvalue weighted by Gasteiger charge is 2.39. The van der Waals surface area contributed by atoms with Gasteiger partial charge in [-0.25, -0.2) is 4.99 Å². The SMILES string of the molecule is CC(=O)OCCCCCCCCOc1ccc2c(c1Cl)CN1C(=N2)NC(=O)C1Cc1ccccc1. The molecular formula is C27H32ClN3O4. The monoisotopic (exact) mass is 497 g/mol. The number of rotatable bonds is 12. The van der Waals surface area contributed by atoms with Crippen molar-refractivity contribution in [1.29, 1.82) is 0 Å². The van der Waals surface area contributed by atoms with Crippen LogP contribution in [0.5, 0.6) is 5.75 Å². The smallest absolute Gasteiger partial charge is 0.302 e. The van der Waals surface area contributed by atoms with Gasteiger partial charge in [0.25, 0.3) is 0 Å². The van der Waals surface area contributed by atoms with Crippen molar-refractivity contribution in [2.24, 2.45) is 4.99 Å². The number of ether oxygens (including phenoxy) is 2. The predicted molar refractivity (Wildman–Crippen MR) is 136 cm³/mol. The van der Waals surface area contributed by atoms with Gasteiger partial charge in [-0.1, -0.05) is 67.6 Å². The third-order valence-electron chi connectivity index (χ3n) is 6.30. The van der Waals surface area contributed by atoms with Gasteiger partial charge in [0.05, 0.1) is 30.5 Å². The Morgan fingerprint density at radius 2 is 1.77 bits per heavy atom. The Morgan fingerprint density at radius 3 is 2.51 bits per heavy atom. The summed E-state index contributed by atoms with van der Waals surface area (Å²) in [6.07, 6.45) is 6.85. The lowest BCUT2D eigenvalue weighted by atomic mass is 10.0. The van der Waals surface area contributed by atoms with Crippen LogP contribution in [0.2, 0.25) is 5.02 Å². The average molecular weight is 498 g/mol. The van der Waals surface area contributed by atoms with Gasteiger partial charge in [-0.3, -0.25) is 14.9 Å². The van der Waals surface area contributed by atoms with Crippen molar-refractivity contribution >= 4 is 35.1 Å². The zero-order chi connectivity index (χ0) is 24.6. The Bertz CT molecular complexity index is 1070. The van der Waals surface area contributed by atoms with Crippen molar-refractivity contribution in [2.75, 3.05) is 13.2 Å².